The Balaban J connectivity index is 1.98. The van der Waals surface area contributed by atoms with Crippen LogP contribution in [-0.2, 0) is 4.79 Å². The van der Waals surface area contributed by atoms with Gasteiger partial charge >= 0.3 is 0 Å². The predicted molar refractivity (Wildman–Crippen MR) is 87.0 cm³/mol. The fraction of sp³-hybridized carbons (Fsp3) is 0.278. The van der Waals surface area contributed by atoms with Crippen LogP contribution in [0.4, 0.5) is 18.9 Å². The topological polar surface area (TPSA) is 41.1 Å². The van der Waals surface area contributed by atoms with E-state index >= 15 is 0 Å². The lowest BCUT2D eigenvalue weighted by atomic mass is 9.96. The molecule has 0 aliphatic carbocycles. The number of rotatable bonds is 6. The summed E-state index contributed by atoms with van der Waals surface area (Å²) in [6.45, 7) is 3.88. The summed E-state index contributed by atoms with van der Waals surface area (Å²) >= 11 is 0. The van der Waals surface area contributed by atoms with Crippen molar-refractivity contribution >= 4 is 11.6 Å². The van der Waals surface area contributed by atoms with Gasteiger partial charge in [-0.15, -0.1) is 0 Å². The summed E-state index contributed by atoms with van der Waals surface area (Å²) < 4.78 is 39.4. The number of carbonyl (C=O) groups excluding carboxylic acids is 1. The van der Waals surface area contributed by atoms with Gasteiger partial charge in [0.1, 0.15) is 17.5 Å². The van der Waals surface area contributed by atoms with Gasteiger partial charge in [-0.2, -0.15) is 0 Å². The van der Waals surface area contributed by atoms with Gasteiger partial charge in [0.2, 0.25) is 5.91 Å². The molecule has 0 aromatic heterocycles. The standard InChI is InChI=1S/C18H19F3N2O/c1-11(2)18(12-3-5-13(19)6-4-12)22-10-17(24)23-16-8-7-14(20)9-15(16)21/h3-9,11,18,22H,10H2,1-2H3,(H,23,24). The van der Waals surface area contributed by atoms with Crippen LogP contribution in [0.5, 0.6) is 0 Å². The molecule has 128 valence electrons. The van der Waals surface area contributed by atoms with Crippen LogP contribution in [-0.4, -0.2) is 12.5 Å². The molecule has 1 unspecified atom stereocenters. The van der Waals surface area contributed by atoms with E-state index in [1.807, 2.05) is 13.8 Å². The second kappa shape index (κ2) is 7.97. The third-order valence-corrected chi connectivity index (χ3v) is 3.58. The zero-order valence-electron chi connectivity index (χ0n) is 13.4. The summed E-state index contributed by atoms with van der Waals surface area (Å²) in [5.74, 6) is -2.16. The molecule has 2 N–H and O–H groups in total. The van der Waals surface area contributed by atoms with E-state index < -0.39 is 17.5 Å². The lowest BCUT2D eigenvalue weighted by Crippen LogP contribution is -2.33. The average molecular weight is 336 g/mol. The molecule has 0 aliphatic rings. The van der Waals surface area contributed by atoms with Gasteiger partial charge in [-0.1, -0.05) is 26.0 Å². The first-order valence-corrected chi connectivity index (χ1v) is 7.60. The smallest absolute Gasteiger partial charge is 0.238 e. The molecule has 0 spiro atoms. The number of carbonyl (C=O) groups is 1. The number of benzene rings is 2. The molecule has 24 heavy (non-hydrogen) atoms. The molecule has 6 heteroatoms. The zero-order valence-corrected chi connectivity index (χ0v) is 13.4. The molecular formula is C18H19F3N2O. The molecule has 1 amide bonds. The van der Waals surface area contributed by atoms with Gasteiger partial charge in [0.15, 0.2) is 0 Å². The molecule has 1 atom stereocenters. The Morgan fingerprint density at radius 2 is 1.62 bits per heavy atom. The molecule has 2 aromatic rings. The molecule has 0 saturated heterocycles. The zero-order chi connectivity index (χ0) is 17.7. The van der Waals surface area contributed by atoms with Gasteiger partial charge in [0.25, 0.3) is 0 Å². The molecule has 3 nitrogen and oxygen atoms in total. The minimum absolute atomic E-state index is 0.0585. The SMILES string of the molecule is CC(C)C(NCC(=O)Nc1ccc(F)cc1F)c1ccc(F)cc1. The van der Waals surface area contributed by atoms with Gasteiger partial charge in [0.05, 0.1) is 12.2 Å². The Morgan fingerprint density at radius 1 is 1.00 bits per heavy atom. The summed E-state index contributed by atoms with van der Waals surface area (Å²) in [5.41, 5.74) is 0.776. The normalized spacial score (nSPS) is 12.2. The molecule has 0 heterocycles. The summed E-state index contributed by atoms with van der Waals surface area (Å²) in [7, 11) is 0. The van der Waals surface area contributed by atoms with Crippen molar-refractivity contribution in [1.29, 1.82) is 0 Å². The van der Waals surface area contributed by atoms with Crippen molar-refractivity contribution in [1.82, 2.24) is 5.32 Å². The van der Waals surface area contributed by atoms with E-state index in [1.165, 1.54) is 18.2 Å². The van der Waals surface area contributed by atoms with Crippen LogP contribution in [0, 0.1) is 23.4 Å². The Kier molecular flexibility index (Phi) is 5.98. The van der Waals surface area contributed by atoms with Crippen LogP contribution in [0.25, 0.3) is 0 Å². The average Bonchev–Trinajstić information content (AvgIpc) is 2.52. The van der Waals surface area contributed by atoms with Crippen molar-refractivity contribution in [3.05, 3.63) is 65.5 Å². The minimum Gasteiger partial charge on any atom is -0.322 e. The third-order valence-electron chi connectivity index (χ3n) is 3.58. The highest BCUT2D eigenvalue weighted by Crippen LogP contribution is 2.22. The number of hydrogen-bond acceptors (Lipinski definition) is 2. The number of hydrogen-bond donors (Lipinski definition) is 2. The molecule has 2 rings (SSSR count). The number of halogens is 3. The number of anilines is 1. The lowest BCUT2D eigenvalue weighted by Gasteiger charge is -2.23. The van der Waals surface area contributed by atoms with Crippen molar-refractivity contribution in [3.63, 3.8) is 0 Å². The Morgan fingerprint density at radius 3 is 2.21 bits per heavy atom. The van der Waals surface area contributed by atoms with Gasteiger partial charge in [-0.3, -0.25) is 4.79 Å². The highest BCUT2D eigenvalue weighted by Gasteiger charge is 2.17. The minimum atomic E-state index is -0.831. The quantitative estimate of drug-likeness (QED) is 0.836. The van der Waals surface area contributed by atoms with Crippen LogP contribution in [0.2, 0.25) is 0 Å². The van der Waals surface area contributed by atoms with Crippen LogP contribution in [0.3, 0.4) is 0 Å². The third kappa shape index (κ3) is 4.83. The van der Waals surface area contributed by atoms with E-state index in [0.29, 0.717) is 6.07 Å². The van der Waals surface area contributed by atoms with Gasteiger partial charge in [-0.05, 0) is 35.7 Å². The van der Waals surface area contributed by atoms with Crippen molar-refractivity contribution in [2.45, 2.75) is 19.9 Å². The fourth-order valence-corrected chi connectivity index (χ4v) is 2.40. The summed E-state index contributed by atoms with van der Waals surface area (Å²) in [4.78, 5) is 12.0. The first kappa shape index (κ1) is 18.0. The summed E-state index contributed by atoms with van der Waals surface area (Å²) in [5, 5.41) is 5.46. The van der Waals surface area contributed by atoms with E-state index in [2.05, 4.69) is 10.6 Å². The second-order valence-electron chi connectivity index (χ2n) is 5.83. The maximum atomic E-state index is 13.5. The maximum Gasteiger partial charge on any atom is 0.238 e. The second-order valence-corrected chi connectivity index (χ2v) is 5.83. The molecule has 0 radical (unpaired) electrons. The maximum absolute atomic E-state index is 13.5. The Bertz CT molecular complexity index is 702. The lowest BCUT2D eigenvalue weighted by molar-refractivity contribution is -0.115. The molecule has 0 aliphatic heterocycles. The highest BCUT2D eigenvalue weighted by molar-refractivity contribution is 5.92. The molecule has 0 saturated carbocycles. The van der Waals surface area contributed by atoms with E-state index in [9.17, 15) is 18.0 Å². The van der Waals surface area contributed by atoms with E-state index in [-0.39, 0.29) is 30.0 Å². The van der Waals surface area contributed by atoms with Crippen LogP contribution in [0.15, 0.2) is 42.5 Å². The van der Waals surface area contributed by atoms with Gasteiger partial charge in [-0.25, -0.2) is 13.2 Å². The van der Waals surface area contributed by atoms with Crippen molar-refractivity contribution < 1.29 is 18.0 Å². The van der Waals surface area contributed by atoms with Crippen LogP contribution >= 0.6 is 0 Å². The Hall–Kier alpha value is -2.34. The number of amides is 1. The van der Waals surface area contributed by atoms with E-state index in [0.717, 1.165) is 11.6 Å². The highest BCUT2D eigenvalue weighted by atomic mass is 19.1. The molecule has 0 bridgehead atoms. The fourth-order valence-electron chi connectivity index (χ4n) is 2.40. The van der Waals surface area contributed by atoms with E-state index in [4.69, 9.17) is 0 Å². The number of nitrogens with one attached hydrogen (secondary N) is 2. The van der Waals surface area contributed by atoms with Gasteiger partial charge < -0.3 is 10.6 Å². The Labute approximate surface area is 138 Å². The largest absolute Gasteiger partial charge is 0.322 e. The van der Waals surface area contributed by atoms with Crippen molar-refractivity contribution in [2.24, 2.45) is 5.92 Å². The van der Waals surface area contributed by atoms with Crippen LogP contribution < -0.4 is 10.6 Å². The summed E-state index contributed by atoms with van der Waals surface area (Å²) in [6, 6.07) is 8.83. The molecule has 2 aromatic carbocycles. The first-order valence-electron chi connectivity index (χ1n) is 7.60. The van der Waals surface area contributed by atoms with Crippen molar-refractivity contribution in [3.8, 4) is 0 Å². The summed E-state index contributed by atoms with van der Waals surface area (Å²) in [6.07, 6.45) is 0. The predicted octanol–water partition coefficient (Wildman–Crippen LogP) is 4.03. The van der Waals surface area contributed by atoms with E-state index in [1.54, 1.807) is 12.1 Å². The molecular weight excluding hydrogens is 317 g/mol. The van der Waals surface area contributed by atoms with Crippen LogP contribution in [0.1, 0.15) is 25.5 Å². The molecule has 0 fully saturated rings. The van der Waals surface area contributed by atoms with Crippen molar-refractivity contribution in [2.75, 3.05) is 11.9 Å². The monoisotopic (exact) mass is 336 g/mol. The first-order chi connectivity index (χ1) is 11.4. The van der Waals surface area contributed by atoms with Gasteiger partial charge in [0, 0.05) is 12.1 Å².